The zero-order valence-corrected chi connectivity index (χ0v) is 12.7. The highest BCUT2D eigenvalue weighted by molar-refractivity contribution is 7.99. The fraction of sp³-hybridized carbons (Fsp3) is 0.333. The van der Waals surface area contributed by atoms with E-state index in [0.29, 0.717) is 0 Å². The van der Waals surface area contributed by atoms with Gasteiger partial charge in [0.05, 0.1) is 10.6 Å². The Morgan fingerprint density at radius 2 is 2.15 bits per heavy atom. The number of benzene rings is 1. The van der Waals surface area contributed by atoms with E-state index >= 15 is 0 Å². The Kier molecular flexibility index (Phi) is 4.43. The van der Waals surface area contributed by atoms with Crippen LogP contribution in [0.5, 0.6) is 0 Å². The fourth-order valence-electron chi connectivity index (χ4n) is 2.30. The minimum atomic E-state index is 0.827. The van der Waals surface area contributed by atoms with Crippen molar-refractivity contribution in [3.05, 3.63) is 46.9 Å². The minimum absolute atomic E-state index is 0.827. The lowest BCUT2D eigenvalue weighted by atomic mass is 10.1. The Balaban J connectivity index is 1.66. The monoisotopic (exact) mass is 305 g/mol. The van der Waals surface area contributed by atoms with Crippen LogP contribution in [-0.2, 0) is 12.8 Å². The summed E-state index contributed by atoms with van der Waals surface area (Å²) >= 11 is 8.02. The van der Waals surface area contributed by atoms with Crippen LogP contribution < -0.4 is 5.32 Å². The van der Waals surface area contributed by atoms with Gasteiger partial charge in [-0.25, -0.2) is 9.97 Å². The van der Waals surface area contributed by atoms with Crippen molar-refractivity contribution < 1.29 is 0 Å². The van der Waals surface area contributed by atoms with Crippen LogP contribution in [-0.4, -0.2) is 22.3 Å². The second-order valence-electron chi connectivity index (χ2n) is 4.72. The molecule has 0 fully saturated rings. The Labute approximate surface area is 128 Å². The van der Waals surface area contributed by atoms with Crippen LogP contribution in [0.15, 0.2) is 35.5 Å². The van der Waals surface area contributed by atoms with E-state index < -0.39 is 0 Å². The van der Waals surface area contributed by atoms with Crippen LogP contribution in [0.4, 0.5) is 5.82 Å². The lowest BCUT2D eigenvalue weighted by molar-refractivity contribution is 0.826. The summed E-state index contributed by atoms with van der Waals surface area (Å²) < 4.78 is 0. The molecule has 2 heterocycles. The molecule has 0 radical (unpaired) electrons. The molecule has 1 aromatic carbocycles. The van der Waals surface area contributed by atoms with Crippen LogP contribution >= 0.6 is 23.4 Å². The summed E-state index contributed by atoms with van der Waals surface area (Å²) in [6, 6.07) is 7.97. The van der Waals surface area contributed by atoms with Crippen molar-refractivity contribution in [2.75, 3.05) is 17.6 Å². The number of fused-ring (bicyclic) bond motifs is 1. The molecule has 0 unspecified atom stereocenters. The molecule has 104 valence electrons. The van der Waals surface area contributed by atoms with Crippen molar-refractivity contribution >= 4 is 29.2 Å². The number of thioether (sulfide) groups is 1. The third kappa shape index (κ3) is 3.07. The van der Waals surface area contributed by atoms with Crippen LogP contribution in [0.2, 0.25) is 5.02 Å². The molecule has 2 aromatic rings. The van der Waals surface area contributed by atoms with Crippen molar-refractivity contribution in [2.45, 2.75) is 24.2 Å². The number of hydrogen-bond acceptors (Lipinski definition) is 4. The summed E-state index contributed by atoms with van der Waals surface area (Å²) in [4.78, 5) is 9.96. The van der Waals surface area contributed by atoms with Gasteiger partial charge in [-0.05, 0) is 36.6 Å². The molecule has 1 N–H and O–H groups in total. The van der Waals surface area contributed by atoms with Crippen molar-refractivity contribution in [1.29, 1.82) is 0 Å². The first-order chi connectivity index (χ1) is 9.84. The van der Waals surface area contributed by atoms with Gasteiger partial charge >= 0.3 is 0 Å². The SMILES string of the molecule is Clc1ccccc1CCNc1ncnc2c1SCCC2. The molecule has 0 aliphatic carbocycles. The van der Waals surface area contributed by atoms with Gasteiger partial charge in [0.15, 0.2) is 0 Å². The maximum Gasteiger partial charge on any atom is 0.143 e. The minimum Gasteiger partial charge on any atom is -0.369 e. The van der Waals surface area contributed by atoms with Gasteiger partial charge in [0.1, 0.15) is 12.1 Å². The molecular formula is C15H16ClN3S. The van der Waals surface area contributed by atoms with E-state index in [1.165, 1.54) is 17.0 Å². The van der Waals surface area contributed by atoms with Gasteiger partial charge in [-0.15, -0.1) is 11.8 Å². The molecular weight excluding hydrogens is 290 g/mol. The van der Waals surface area contributed by atoms with Crippen molar-refractivity contribution in [1.82, 2.24) is 9.97 Å². The van der Waals surface area contributed by atoms with E-state index in [1.54, 1.807) is 6.33 Å². The predicted molar refractivity (Wildman–Crippen MR) is 84.7 cm³/mol. The average molecular weight is 306 g/mol. The zero-order chi connectivity index (χ0) is 13.8. The van der Waals surface area contributed by atoms with Gasteiger partial charge < -0.3 is 5.32 Å². The molecule has 1 aliphatic heterocycles. The number of nitrogens with one attached hydrogen (secondary N) is 1. The third-order valence-electron chi connectivity index (χ3n) is 3.33. The molecule has 1 aliphatic rings. The Morgan fingerprint density at radius 1 is 1.25 bits per heavy atom. The van der Waals surface area contributed by atoms with E-state index in [4.69, 9.17) is 11.6 Å². The molecule has 0 amide bonds. The van der Waals surface area contributed by atoms with Crippen molar-refractivity contribution in [3.63, 3.8) is 0 Å². The van der Waals surface area contributed by atoms with Crippen LogP contribution in [0, 0.1) is 0 Å². The average Bonchev–Trinajstić information content (AvgIpc) is 2.49. The number of halogens is 1. The molecule has 0 atom stereocenters. The maximum atomic E-state index is 6.16. The van der Waals surface area contributed by atoms with Crippen LogP contribution in [0.25, 0.3) is 0 Å². The van der Waals surface area contributed by atoms with E-state index in [1.807, 2.05) is 30.0 Å². The van der Waals surface area contributed by atoms with Gasteiger partial charge in [0, 0.05) is 11.6 Å². The van der Waals surface area contributed by atoms with Crippen molar-refractivity contribution in [2.24, 2.45) is 0 Å². The molecule has 3 nitrogen and oxygen atoms in total. The Hall–Kier alpha value is -1.26. The zero-order valence-electron chi connectivity index (χ0n) is 11.1. The molecule has 3 rings (SSSR count). The standard InChI is InChI=1S/C15H16ClN3S/c16-12-5-2-1-4-11(12)7-8-17-15-14-13(18-10-19-15)6-3-9-20-14/h1-2,4-5,10H,3,6-9H2,(H,17,18,19). The molecule has 0 bridgehead atoms. The number of anilines is 1. The first kappa shape index (κ1) is 13.7. The molecule has 0 saturated carbocycles. The normalized spacial score (nSPS) is 13.8. The van der Waals surface area contributed by atoms with Gasteiger partial charge in [-0.2, -0.15) is 0 Å². The number of aromatic nitrogens is 2. The Morgan fingerprint density at radius 3 is 3.05 bits per heavy atom. The maximum absolute atomic E-state index is 6.16. The number of hydrogen-bond donors (Lipinski definition) is 1. The molecule has 1 aromatic heterocycles. The van der Waals surface area contributed by atoms with Crippen LogP contribution in [0.1, 0.15) is 17.7 Å². The largest absolute Gasteiger partial charge is 0.369 e. The summed E-state index contributed by atoms with van der Waals surface area (Å²) in [6.07, 6.45) is 4.81. The lowest BCUT2D eigenvalue weighted by Crippen LogP contribution is -2.11. The first-order valence-corrected chi connectivity index (χ1v) is 8.15. The topological polar surface area (TPSA) is 37.8 Å². The van der Waals surface area contributed by atoms with Crippen molar-refractivity contribution in [3.8, 4) is 0 Å². The summed E-state index contributed by atoms with van der Waals surface area (Å²) in [7, 11) is 0. The number of aryl methyl sites for hydroxylation is 1. The highest BCUT2D eigenvalue weighted by Gasteiger charge is 2.15. The van der Waals surface area contributed by atoms with E-state index in [2.05, 4.69) is 21.4 Å². The summed E-state index contributed by atoms with van der Waals surface area (Å²) in [6.45, 7) is 0.827. The number of rotatable bonds is 4. The molecule has 0 spiro atoms. The highest BCUT2D eigenvalue weighted by atomic mass is 35.5. The molecule has 20 heavy (non-hydrogen) atoms. The summed E-state index contributed by atoms with van der Waals surface area (Å²) in [5, 5.41) is 4.25. The van der Waals surface area contributed by atoms with E-state index in [9.17, 15) is 0 Å². The molecule has 5 heteroatoms. The van der Waals surface area contributed by atoms with Gasteiger partial charge in [0.2, 0.25) is 0 Å². The summed E-state index contributed by atoms with van der Waals surface area (Å²) in [5.41, 5.74) is 2.34. The van der Waals surface area contributed by atoms with E-state index in [-0.39, 0.29) is 0 Å². The van der Waals surface area contributed by atoms with Crippen LogP contribution in [0.3, 0.4) is 0 Å². The smallest absolute Gasteiger partial charge is 0.143 e. The van der Waals surface area contributed by atoms with Gasteiger partial charge in [-0.1, -0.05) is 29.8 Å². The van der Waals surface area contributed by atoms with Gasteiger partial charge in [-0.3, -0.25) is 0 Å². The predicted octanol–water partition coefficient (Wildman–Crippen LogP) is 3.82. The quantitative estimate of drug-likeness (QED) is 0.932. The second kappa shape index (κ2) is 6.46. The number of nitrogens with zero attached hydrogens (tertiary/aromatic N) is 2. The van der Waals surface area contributed by atoms with E-state index in [0.717, 1.165) is 41.5 Å². The van der Waals surface area contributed by atoms with Gasteiger partial charge in [0.25, 0.3) is 0 Å². The molecule has 0 saturated heterocycles. The highest BCUT2D eigenvalue weighted by Crippen LogP contribution is 2.33. The fourth-order valence-corrected chi connectivity index (χ4v) is 3.60. The Bertz CT molecular complexity index is 603. The second-order valence-corrected chi connectivity index (χ2v) is 6.23. The lowest BCUT2D eigenvalue weighted by Gasteiger charge is -2.17. The third-order valence-corrected chi connectivity index (χ3v) is 4.91. The first-order valence-electron chi connectivity index (χ1n) is 6.78. The summed E-state index contributed by atoms with van der Waals surface area (Å²) in [5.74, 6) is 2.12.